The molecule has 0 aliphatic carbocycles. The SMILES string of the molecule is NC(=O)C1CC(C2=NN(c3ccc(Cl)cc3)C(C(N)=O)C2)=NN1c1ccc(Cl)cc1. The van der Waals surface area contributed by atoms with Crippen LogP contribution in [0.4, 0.5) is 11.4 Å². The highest BCUT2D eigenvalue weighted by molar-refractivity contribution is 6.45. The molecule has 2 heterocycles. The van der Waals surface area contributed by atoms with Gasteiger partial charge in [-0.3, -0.25) is 19.6 Å². The summed E-state index contributed by atoms with van der Waals surface area (Å²) in [5.41, 5.74) is 13.7. The lowest BCUT2D eigenvalue weighted by atomic mass is 10.0. The number of hydrogen-bond donors (Lipinski definition) is 2. The predicted octanol–water partition coefficient (Wildman–Crippen LogP) is 2.53. The Morgan fingerprint density at radius 3 is 1.37 bits per heavy atom. The molecule has 2 amide bonds. The van der Waals surface area contributed by atoms with Gasteiger partial charge in [-0.2, -0.15) is 10.2 Å². The second kappa shape index (κ2) is 7.97. The van der Waals surface area contributed by atoms with Crippen molar-refractivity contribution in [2.75, 3.05) is 10.0 Å². The number of carbonyl (C=O) groups excluding carboxylic acids is 2. The van der Waals surface area contributed by atoms with E-state index in [2.05, 4.69) is 10.2 Å². The van der Waals surface area contributed by atoms with E-state index in [0.717, 1.165) is 0 Å². The fourth-order valence-electron chi connectivity index (χ4n) is 3.48. The smallest absolute Gasteiger partial charge is 0.242 e. The van der Waals surface area contributed by atoms with Crippen molar-refractivity contribution in [1.82, 2.24) is 0 Å². The number of hydrogen-bond acceptors (Lipinski definition) is 6. The van der Waals surface area contributed by atoms with Gasteiger partial charge in [-0.15, -0.1) is 0 Å². The van der Waals surface area contributed by atoms with Crippen LogP contribution in [0.1, 0.15) is 12.8 Å². The molecule has 0 radical (unpaired) electrons. The van der Waals surface area contributed by atoms with E-state index in [-0.39, 0.29) is 12.8 Å². The zero-order valence-corrected chi connectivity index (χ0v) is 17.2. The number of anilines is 2. The average Bonchev–Trinajstić information content (AvgIpc) is 3.34. The minimum Gasteiger partial charge on any atom is -0.368 e. The second-order valence-corrected chi connectivity index (χ2v) is 7.85. The van der Waals surface area contributed by atoms with Crippen molar-refractivity contribution >= 4 is 57.8 Å². The predicted molar refractivity (Wildman–Crippen MR) is 118 cm³/mol. The summed E-state index contributed by atoms with van der Waals surface area (Å²) in [4.78, 5) is 24.1. The van der Waals surface area contributed by atoms with Crippen LogP contribution in [0.15, 0.2) is 58.7 Å². The Morgan fingerprint density at radius 2 is 1.07 bits per heavy atom. The number of rotatable bonds is 5. The van der Waals surface area contributed by atoms with Crippen molar-refractivity contribution in [3.8, 4) is 0 Å². The Balaban J connectivity index is 1.68. The van der Waals surface area contributed by atoms with Crippen molar-refractivity contribution in [2.24, 2.45) is 21.7 Å². The van der Waals surface area contributed by atoms with Gasteiger partial charge in [0.05, 0.1) is 22.8 Å². The molecular weight excluding hydrogens is 427 g/mol. The fourth-order valence-corrected chi connectivity index (χ4v) is 3.73. The zero-order chi connectivity index (χ0) is 21.4. The number of hydrazone groups is 2. The van der Waals surface area contributed by atoms with Crippen LogP contribution in [-0.2, 0) is 9.59 Å². The maximum atomic E-state index is 12.0. The number of halogens is 2. The monoisotopic (exact) mass is 444 g/mol. The van der Waals surface area contributed by atoms with E-state index in [1.54, 1.807) is 58.5 Å². The molecule has 30 heavy (non-hydrogen) atoms. The van der Waals surface area contributed by atoms with E-state index in [0.29, 0.717) is 32.8 Å². The molecule has 2 aromatic carbocycles. The van der Waals surface area contributed by atoms with Gasteiger partial charge in [-0.25, -0.2) is 0 Å². The topological polar surface area (TPSA) is 117 Å². The van der Waals surface area contributed by atoms with Crippen molar-refractivity contribution in [3.63, 3.8) is 0 Å². The first-order valence-electron chi connectivity index (χ1n) is 9.17. The van der Waals surface area contributed by atoms with Gasteiger partial charge in [0.2, 0.25) is 11.8 Å². The molecule has 2 unspecified atom stereocenters. The highest BCUT2D eigenvalue weighted by atomic mass is 35.5. The van der Waals surface area contributed by atoms with Gasteiger partial charge in [0.25, 0.3) is 0 Å². The second-order valence-electron chi connectivity index (χ2n) is 6.98. The Morgan fingerprint density at radius 1 is 0.733 bits per heavy atom. The van der Waals surface area contributed by atoms with Crippen LogP contribution >= 0.6 is 23.2 Å². The minimum atomic E-state index is -0.666. The van der Waals surface area contributed by atoms with E-state index in [1.165, 1.54) is 0 Å². The summed E-state index contributed by atoms with van der Waals surface area (Å²) in [6.45, 7) is 0. The van der Waals surface area contributed by atoms with Gasteiger partial charge < -0.3 is 11.5 Å². The molecule has 2 atom stereocenters. The first-order valence-corrected chi connectivity index (χ1v) is 9.92. The first kappa shape index (κ1) is 20.2. The lowest BCUT2D eigenvalue weighted by Gasteiger charge is -2.20. The molecule has 154 valence electrons. The Kier molecular flexibility index (Phi) is 5.36. The molecular formula is C20H18Cl2N6O2. The summed E-state index contributed by atoms with van der Waals surface area (Å²) in [7, 11) is 0. The molecule has 0 saturated carbocycles. The van der Waals surface area contributed by atoms with Crippen LogP contribution < -0.4 is 21.5 Å². The third-order valence-electron chi connectivity index (χ3n) is 4.99. The lowest BCUT2D eigenvalue weighted by molar-refractivity contribution is -0.119. The summed E-state index contributed by atoms with van der Waals surface area (Å²) in [5, 5.41) is 13.4. The highest BCUT2D eigenvalue weighted by Crippen LogP contribution is 2.31. The van der Waals surface area contributed by atoms with Crippen LogP contribution in [0.5, 0.6) is 0 Å². The quantitative estimate of drug-likeness (QED) is 0.736. The Bertz CT molecular complexity index is 966. The van der Waals surface area contributed by atoms with E-state index in [9.17, 15) is 9.59 Å². The van der Waals surface area contributed by atoms with E-state index in [4.69, 9.17) is 34.7 Å². The zero-order valence-electron chi connectivity index (χ0n) is 15.7. The number of amides is 2. The summed E-state index contributed by atoms with van der Waals surface area (Å²) < 4.78 is 0. The van der Waals surface area contributed by atoms with Crippen molar-refractivity contribution in [1.29, 1.82) is 0 Å². The summed E-state index contributed by atoms with van der Waals surface area (Å²) >= 11 is 11.9. The molecule has 2 aliphatic rings. The van der Waals surface area contributed by atoms with Crippen LogP contribution in [0.25, 0.3) is 0 Å². The molecule has 4 rings (SSSR count). The number of nitrogens with two attached hydrogens (primary N) is 2. The van der Waals surface area contributed by atoms with Crippen LogP contribution in [0.3, 0.4) is 0 Å². The number of carbonyl (C=O) groups is 2. The van der Waals surface area contributed by atoms with Crippen LogP contribution in [0.2, 0.25) is 10.0 Å². The van der Waals surface area contributed by atoms with Crippen molar-refractivity contribution < 1.29 is 9.59 Å². The summed E-state index contributed by atoms with van der Waals surface area (Å²) in [5.74, 6) is -1.02. The van der Waals surface area contributed by atoms with E-state index < -0.39 is 23.9 Å². The van der Waals surface area contributed by atoms with Gasteiger partial charge in [0, 0.05) is 22.9 Å². The molecule has 4 N–H and O–H groups in total. The average molecular weight is 445 g/mol. The third-order valence-corrected chi connectivity index (χ3v) is 5.50. The van der Waals surface area contributed by atoms with Crippen molar-refractivity contribution in [3.05, 3.63) is 58.6 Å². The number of benzene rings is 2. The maximum absolute atomic E-state index is 12.0. The fraction of sp³-hybridized carbons (Fsp3) is 0.200. The standard InChI is InChI=1S/C20H18Cl2N6O2/c21-11-1-5-13(6-2-11)27-17(19(23)29)9-15(25-27)16-10-18(20(24)30)28(26-16)14-7-3-12(22)4-8-14/h1-8,17-18H,9-10H2,(H2,23,29)(H2,24,30). The molecule has 8 nitrogen and oxygen atoms in total. The molecule has 0 aromatic heterocycles. The molecule has 2 aromatic rings. The first-order chi connectivity index (χ1) is 14.3. The van der Waals surface area contributed by atoms with E-state index in [1.807, 2.05) is 0 Å². The molecule has 2 aliphatic heterocycles. The van der Waals surface area contributed by atoms with Crippen LogP contribution in [0, 0.1) is 0 Å². The normalized spacial score (nSPS) is 20.9. The van der Waals surface area contributed by atoms with Crippen molar-refractivity contribution in [2.45, 2.75) is 24.9 Å². The maximum Gasteiger partial charge on any atom is 0.242 e. The molecule has 0 spiro atoms. The number of primary amides is 2. The highest BCUT2D eigenvalue weighted by Gasteiger charge is 2.39. The van der Waals surface area contributed by atoms with Gasteiger partial charge in [0.15, 0.2) is 0 Å². The Hall–Kier alpha value is -3.10. The largest absolute Gasteiger partial charge is 0.368 e. The lowest BCUT2D eigenvalue weighted by Crippen LogP contribution is -2.39. The minimum absolute atomic E-state index is 0.275. The summed E-state index contributed by atoms with van der Waals surface area (Å²) in [6.07, 6.45) is 0.549. The molecule has 0 saturated heterocycles. The van der Waals surface area contributed by atoms with Gasteiger partial charge in [0.1, 0.15) is 12.1 Å². The molecule has 10 heteroatoms. The van der Waals surface area contributed by atoms with E-state index >= 15 is 0 Å². The Labute approximate surface area is 182 Å². The summed E-state index contributed by atoms with van der Waals surface area (Å²) in [6, 6.07) is 12.5. The molecule has 0 bridgehead atoms. The van der Waals surface area contributed by atoms with Crippen LogP contribution in [-0.4, -0.2) is 35.3 Å². The van der Waals surface area contributed by atoms with Gasteiger partial charge in [-0.1, -0.05) is 23.2 Å². The van der Waals surface area contributed by atoms with Gasteiger partial charge >= 0.3 is 0 Å². The molecule has 0 fully saturated rings. The third kappa shape index (κ3) is 3.83. The van der Waals surface area contributed by atoms with Gasteiger partial charge in [-0.05, 0) is 48.5 Å². The number of nitrogens with zero attached hydrogens (tertiary/aromatic N) is 4.